The van der Waals surface area contributed by atoms with Gasteiger partial charge in [-0.05, 0) is 20.3 Å². The second-order valence-electron chi connectivity index (χ2n) is 4.95. The predicted molar refractivity (Wildman–Crippen MR) is 81.0 cm³/mol. The Morgan fingerprint density at radius 1 is 1.11 bits per heavy atom. The summed E-state index contributed by atoms with van der Waals surface area (Å²) in [5.74, 6) is 0. The summed E-state index contributed by atoms with van der Waals surface area (Å²) in [6.45, 7) is 10.5. The molecule has 1 aromatic carbocycles. The first kappa shape index (κ1) is 15.4. The number of aromatic nitrogens is 3. The van der Waals surface area contributed by atoms with E-state index in [1.165, 1.54) is 0 Å². The number of nitrogens with zero attached hydrogens (tertiary/aromatic N) is 3. The SMILES string of the molecule is CC.CCCC(C)(C)n1ncc(-c2ccccc2)n1. The maximum Gasteiger partial charge on any atom is 0.113 e. The summed E-state index contributed by atoms with van der Waals surface area (Å²) in [6, 6.07) is 10.2. The minimum atomic E-state index is -0.0121. The predicted octanol–water partition coefficient (Wildman–Crippen LogP) is 4.51. The Morgan fingerprint density at radius 3 is 2.32 bits per heavy atom. The molecule has 0 atom stereocenters. The number of rotatable bonds is 4. The van der Waals surface area contributed by atoms with E-state index in [-0.39, 0.29) is 5.54 Å². The molecule has 0 amide bonds. The highest BCUT2D eigenvalue weighted by atomic mass is 15.5. The molecule has 1 heterocycles. The average molecular weight is 259 g/mol. The van der Waals surface area contributed by atoms with Crippen molar-refractivity contribution in [2.24, 2.45) is 0 Å². The molecule has 0 radical (unpaired) electrons. The zero-order chi connectivity index (χ0) is 14.3. The van der Waals surface area contributed by atoms with Crippen LogP contribution in [-0.2, 0) is 5.54 Å². The molecule has 0 spiro atoms. The van der Waals surface area contributed by atoms with Gasteiger partial charge in [-0.2, -0.15) is 15.0 Å². The van der Waals surface area contributed by atoms with Gasteiger partial charge in [-0.3, -0.25) is 0 Å². The molecular weight excluding hydrogens is 234 g/mol. The van der Waals surface area contributed by atoms with Gasteiger partial charge in [0.25, 0.3) is 0 Å². The fraction of sp³-hybridized carbons (Fsp3) is 0.500. The molecule has 0 bridgehead atoms. The Morgan fingerprint density at radius 2 is 1.74 bits per heavy atom. The highest BCUT2D eigenvalue weighted by Gasteiger charge is 2.21. The van der Waals surface area contributed by atoms with Crippen LogP contribution in [0.25, 0.3) is 11.3 Å². The van der Waals surface area contributed by atoms with Gasteiger partial charge < -0.3 is 0 Å². The quantitative estimate of drug-likeness (QED) is 0.809. The van der Waals surface area contributed by atoms with E-state index in [0.29, 0.717) is 0 Å². The molecule has 2 rings (SSSR count). The highest BCUT2D eigenvalue weighted by Crippen LogP contribution is 2.22. The monoisotopic (exact) mass is 259 g/mol. The van der Waals surface area contributed by atoms with Gasteiger partial charge in [-0.1, -0.05) is 57.5 Å². The Hall–Kier alpha value is -1.64. The van der Waals surface area contributed by atoms with Crippen molar-refractivity contribution in [1.82, 2.24) is 15.0 Å². The zero-order valence-corrected chi connectivity index (χ0v) is 12.7. The lowest BCUT2D eigenvalue weighted by Gasteiger charge is -2.22. The molecule has 0 saturated carbocycles. The van der Waals surface area contributed by atoms with Gasteiger partial charge in [-0.15, -0.1) is 0 Å². The van der Waals surface area contributed by atoms with Crippen molar-refractivity contribution in [2.45, 2.75) is 53.0 Å². The Bertz CT molecular complexity index is 472. The minimum Gasteiger partial charge on any atom is -0.179 e. The van der Waals surface area contributed by atoms with E-state index in [1.807, 2.05) is 43.0 Å². The Labute approximate surface area is 116 Å². The highest BCUT2D eigenvalue weighted by molar-refractivity contribution is 5.56. The summed E-state index contributed by atoms with van der Waals surface area (Å²) in [4.78, 5) is 1.83. The van der Waals surface area contributed by atoms with Gasteiger partial charge in [0.05, 0.1) is 11.7 Å². The van der Waals surface area contributed by atoms with Crippen LogP contribution < -0.4 is 0 Å². The normalized spacial score (nSPS) is 10.8. The summed E-state index contributed by atoms with van der Waals surface area (Å²) in [5, 5.41) is 8.96. The van der Waals surface area contributed by atoms with Crippen molar-refractivity contribution in [2.75, 3.05) is 0 Å². The van der Waals surface area contributed by atoms with Crippen LogP contribution in [-0.4, -0.2) is 15.0 Å². The van der Waals surface area contributed by atoms with E-state index in [9.17, 15) is 0 Å². The number of hydrogen-bond donors (Lipinski definition) is 0. The Kier molecular flexibility index (Phi) is 5.74. The van der Waals surface area contributed by atoms with E-state index in [2.05, 4.69) is 43.1 Å². The van der Waals surface area contributed by atoms with Gasteiger partial charge in [0.2, 0.25) is 0 Å². The van der Waals surface area contributed by atoms with Crippen molar-refractivity contribution in [3.8, 4) is 11.3 Å². The molecular formula is C16H25N3. The molecule has 0 fully saturated rings. The fourth-order valence-corrected chi connectivity index (χ4v) is 2.01. The van der Waals surface area contributed by atoms with Crippen LogP contribution in [0.1, 0.15) is 47.5 Å². The van der Waals surface area contributed by atoms with Crippen molar-refractivity contribution in [3.63, 3.8) is 0 Å². The van der Waals surface area contributed by atoms with Crippen LogP contribution in [0.5, 0.6) is 0 Å². The standard InChI is InChI=1S/C14H19N3.C2H6/c1-4-10-14(2,3)17-15-11-13(16-17)12-8-6-5-7-9-12;1-2/h5-9,11H,4,10H2,1-3H3;1-2H3. The van der Waals surface area contributed by atoms with Crippen LogP contribution in [0.15, 0.2) is 36.5 Å². The molecule has 0 N–H and O–H groups in total. The first-order chi connectivity index (χ1) is 9.13. The third-order valence-corrected chi connectivity index (χ3v) is 2.96. The molecule has 2 aromatic rings. The lowest BCUT2D eigenvalue weighted by Crippen LogP contribution is -2.28. The molecule has 3 heteroatoms. The summed E-state index contributed by atoms with van der Waals surface area (Å²) in [7, 11) is 0. The summed E-state index contributed by atoms with van der Waals surface area (Å²) in [5.41, 5.74) is 2.04. The van der Waals surface area contributed by atoms with Crippen LogP contribution in [0.4, 0.5) is 0 Å². The van der Waals surface area contributed by atoms with Gasteiger partial charge >= 0.3 is 0 Å². The third kappa shape index (κ3) is 3.91. The fourth-order valence-electron chi connectivity index (χ4n) is 2.01. The maximum atomic E-state index is 4.58. The first-order valence-corrected chi connectivity index (χ1v) is 7.12. The van der Waals surface area contributed by atoms with Crippen molar-refractivity contribution in [1.29, 1.82) is 0 Å². The molecule has 0 aliphatic rings. The molecule has 1 aromatic heterocycles. The van der Waals surface area contributed by atoms with E-state index >= 15 is 0 Å². The van der Waals surface area contributed by atoms with Crippen LogP contribution >= 0.6 is 0 Å². The number of benzene rings is 1. The molecule has 0 saturated heterocycles. The van der Waals surface area contributed by atoms with Gasteiger partial charge in [-0.25, -0.2) is 0 Å². The minimum absolute atomic E-state index is 0.0121. The molecule has 19 heavy (non-hydrogen) atoms. The lowest BCUT2D eigenvalue weighted by atomic mass is 10.0. The maximum absolute atomic E-state index is 4.58. The smallest absolute Gasteiger partial charge is 0.113 e. The van der Waals surface area contributed by atoms with Crippen molar-refractivity contribution >= 4 is 0 Å². The molecule has 3 nitrogen and oxygen atoms in total. The van der Waals surface area contributed by atoms with E-state index in [1.54, 1.807) is 0 Å². The molecule has 0 aliphatic heterocycles. The van der Waals surface area contributed by atoms with E-state index < -0.39 is 0 Å². The Balaban J connectivity index is 0.000000861. The van der Waals surface area contributed by atoms with Crippen LogP contribution in [0.2, 0.25) is 0 Å². The molecule has 0 aliphatic carbocycles. The summed E-state index contributed by atoms with van der Waals surface area (Å²) < 4.78 is 0. The zero-order valence-electron chi connectivity index (χ0n) is 12.7. The van der Waals surface area contributed by atoms with E-state index in [4.69, 9.17) is 0 Å². The van der Waals surface area contributed by atoms with Crippen molar-refractivity contribution in [3.05, 3.63) is 36.5 Å². The number of hydrogen-bond acceptors (Lipinski definition) is 2. The van der Waals surface area contributed by atoms with Crippen LogP contribution in [0.3, 0.4) is 0 Å². The third-order valence-electron chi connectivity index (χ3n) is 2.96. The van der Waals surface area contributed by atoms with Gasteiger partial charge in [0.15, 0.2) is 0 Å². The first-order valence-electron chi connectivity index (χ1n) is 7.12. The molecule has 104 valence electrons. The average Bonchev–Trinajstić information content (AvgIpc) is 2.92. The largest absolute Gasteiger partial charge is 0.179 e. The van der Waals surface area contributed by atoms with Gasteiger partial charge in [0, 0.05) is 5.56 Å². The summed E-state index contributed by atoms with van der Waals surface area (Å²) >= 11 is 0. The molecule has 0 unspecified atom stereocenters. The topological polar surface area (TPSA) is 30.7 Å². The summed E-state index contributed by atoms with van der Waals surface area (Å²) in [6.07, 6.45) is 4.05. The second-order valence-corrected chi connectivity index (χ2v) is 4.95. The van der Waals surface area contributed by atoms with Crippen molar-refractivity contribution < 1.29 is 0 Å². The van der Waals surface area contributed by atoms with Crippen LogP contribution in [0, 0.1) is 0 Å². The van der Waals surface area contributed by atoms with E-state index in [0.717, 1.165) is 24.1 Å². The second kappa shape index (κ2) is 7.07. The van der Waals surface area contributed by atoms with Gasteiger partial charge in [0.1, 0.15) is 5.69 Å². The lowest BCUT2D eigenvalue weighted by molar-refractivity contribution is 0.259.